The fraction of sp³-hybridized carbons (Fsp3) is 0.293. The topological polar surface area (TPSA) is 84.5 Å². The summed E-state index contributed by atoms with van der Waals surface area (Å²) in [5, 5.41) is 5.07. The van der Waals surface area contributed by atoms with Gasteiger partial charge in [0.1, 0.15) is 0 Å². The lowest BCUT2D eigenvalue weighted by atomic mass is 10.0. The number of benzene rings is 4. The third-order valence-corrected chi connectivity index (χ3v) is 9.93. The molecule has 60 heavy (non-hydrogen) atoms. The molecule has 6 nitrogen and oxygen atoms in total. The van der Waals surface area contributed by atoms with E-state index in [1.54, 1.807) is 43.3 Å². The van der Waals surface area contributed by atoms with Crippen LogP contribution in [-0.4, -0.2) is 24.4 Å². The van der Waals surface area contributed by atoms with E-state index in [9.17, 15) is 67.1 Å². The second kappa shape index (κ2) is 17.7. The largest absolute Gasteiger partial charge is 0.463 e. The van der Waals surface area contributed by atoms with Crippen molar-refractivity contribution in [3.05, 3.63) is 145 Å². The molecule has 0 fully saturated rings. The van der Waals surface area contributed by atoms with Crippen LogP contribution in [0.4, 0.5) is 52.7 Å². The van der Waals surface area contributed by atoms with Gasteiger partial charge < -0.3 is 15.4 Å². The first-order chi connectivity index (χ1) is 27.8. The van der Waals surface area contributed by atoms with Crippen LogP contribution >= 0.6 is 15.9 Å². The summed E-state index contributed by atoms with van der Waals surface area (Å²) in [4.78, 5) is 36.4. The Hall–Kier alpha value is -5.33. The highest BCUT2D eigenvalue weighted by Gasteiger charge is 2.39. The minimum atomic E-state index is -5.04. The number of ether oxygens (including phenoxy) is 1. The first-order valence-corrected chi connectivity index (χ1v) is 18.6. The van der Waals surface area contributed by atoms with Crippen molar-refractivity contribution < 1.29 is 71.8 Å². The van der Waals surface area contributed by atoms with Crippen LogP contribution in [0.2, 0.25) is 0 Å². The molecule has 0 bridgehead atoms. The van der Waals surface area contributed by atoms with Gasteiger partial charge in [-0.25, -0.2) is 4.79 Å². The van der Waals surface area contributed by atoms with Crippen molar-refractivity contribution in [2.45, 2.75) is 69.4 Å². The van der Waals surface area contributed by atoms with Gasteiger partial charge in [0.15, 0.2) is 0 Å². The van der Waals surface area contributed by atoms with Crippen molar-refractivity contribution in [1.82, 2.24) is 10.6 Å². The number of esters is 1. The summed E-state index contributed by atoms with van der Waals surface area (Å²) in [5.41, 5.74) is -3.49. The Morgan fingerprint density at radius 1 is 0.617 bits per heavy atom. The van der Waals surface area contributed by atoms with Gasteiger partial charge in [-0.3, -0.25) is 9.59 Å². The van der Waals surface area contributed by atoms with Gasteiger partial charge in [-0.1, -0.05) is 40.2 Å². The van der Waals surface area contributed by atoms with E-state index >= 15 is 0 Å². The maximum Gasteiger partial charge on any atom is 0.416 e. The lowest BCUT2D eigenvalue weighted by molar-refractivity contribution is -0.144. The van der Waals surface area contributed by atoms with E-state index in [-0.39, 0.29) is 18.7 Å². The van der Waals surface area contributed by atoms with Crippen molar-refractivity contribution in [1.29, 1.82) is 0 Å². The molecule has 2 N–H and O–H groups in total. The summed E-state index contributed by atoms with van der Waals surface area (Å²) >= 11 is 3.32. The fourth-order valence-corrected chi connectivity index (χ4v) is 7.05. The summed E-state index contributed by atoms with van der Waals surface area (Å²) in [6.07, 6.45) is -15.1. The van der Waals surface area contributed by atoms with Crippen LogP contribution in [0, 0.1) is 0 Å². The third kappa shape index (κ3) is 11.5. The van der Waals surface area contributed by atoms with Crippen LogP contribution in [0.15, 0.2) is 83.3 Å². The smallest absolute Gasteiger partial charge is 0.416 e. The number of amides is 2. The molecule has 0 radical (unpaired) electrons. The fourth-order valence-electron chi connectivity index (χ4n) is 6.64. The Morgan fingerprint density at radius 2 is 1.02 bits per heavy atom. The maximum absolute atomic E-state index is 13.1. The number of aryl methyl sites for hydroxylation is 2. The Morgan fingerprint density at radius 3 is 1.42 bits per heavy atom. The van der Waals surface area contributed by atoms with Crippen LogP contribution in [0.3, 0.4) is 0 Å². The second-order valence-corrected chi connectivity index (χ2v) is 14.5. The molecule has 4 aromatic carbocycles. The number of rotatable bonds is 7. The number of alkyl halides is 12. The van der Waals surface area contributed by atoms with Crippen molar-refractivity contribution in [2.75, 3.05) is 6.61 Å². The van der Waals surface area contributed by atoms with Crippen LogP contribution < -0.4 is 10.6 Å². The van der Waals surface area contributed by atoms with Gasteiger partial charge in [-0.2, -0.15) is 52.7 Å². The molecule has 2 aliphatic carbocycles. The number of halogens is 13. The molecule has 0 spiro atoms. The zero-order valence-corrected chi connectivity index (χ0v) is 32.4. The predicted octanol–water partition coefficient (Wildman–Crippen LogP) is 11.6. The second-order valence-electron chi connectivity index (χ2n) is 13.6. The van der Waals surface area contributed by atoms with Crippen LogP contribution in [0.25, 0.3) is 6.08 Å². The van der Waals surface area contributed by atoms with Crippen molar-refractivity contribution >= 4 is 39.8 Å². The minimum absolute atomic E-state index is 0.000817. The highest BCUT2D eigenvalue weighted by atomic mass is 79.9. The SMILES string of the molecule is CCOC(=O)/C=C/c1ccc2c(c1)CCC2NC(=O)c1cc(C(F)(F)F)cc(C(F)(F)F)c1.O=C(NC1CCc2cc(Br)ccc21)c1cc(C(F)(F)F)cc(C(F)(F)F)c1. The van der Waals surface area contributed by atoms with Gasteiger partial charge in [-0.05, 0) is 115 Å². The molecule has 6 rings (SSSR count). The van der Waals surface area contributed by atoms with E-state index < -0.39 is 88.0 Å². The van der Waals surface area contributed by atoms with Crippen LogP contribution in [0.5, 0.6) is 0 Å². The lowest BCUT2D eigenvalue weighted by Crippen LogP contribution is -2.28. The highest BCUT2D eigenvalue weighted by molar-refractivity contribution is 9.10. The van der Waals surface area contributed by atoms with E-state index in [0.717, 1.165) is 21.2 Å². The van der Waals surface area contributed by atoms with Crippen LogP contribution in [-0.2, 0) is 47.1 Å². The van der Waals surface area contributed by atoms with E-state index in [4.69, 9.17) is 4.74 Å². The minimum Gasteiger partial charge on any atom is -0.463 e. The molecular weight excluding hydrogens is 892 g/mol. The molecular formula is C41H31BrF12N2O4. The predicted molar refractivity (Wildman–Crippen MR) is 196 cm³/mol. The number of nitrogens with one attached hydrogen (secondary N) is 2. The van der Waals surface area contributed by atoms with Crippen molar-refractivity contribution in [2.24, 2.45) is 0 Å². The summed E-state index contributed by atoms with van der Waals surface area (Å²) in [5.74, 6) is -2.51. The molecule has 19 heteroatoms. The van der Waals surface area contributed by atoms with E-state index in [1.165, 1.54) is 6.08 Å². The molecule has 0 saturated carbocycles. The highest BCUT2D eigenvalue weighted by Crippen LogP contribution is 2.39. The van der Waals surface area contributed by atoms with Gasteiger partial charge >= 0.3 is 30.7 Å². The van der Waals surface area contributed by atoms with E-state index in [2.05, 4.69) is 26.6 Å². The van der Waals surface area contributed by atoms with E-state index in [1.807, 2.05) is 6.07 Å². The number of hydrogen-bond acceptors (Lipinski definition) is 4. The Bertz CT molecular complexity index is 2230. The lowest BCUT2D eigenvalue weighted by Gasteiger charge is -2.17. The number of carbonyl (C=O) groups is 3. The van der Waals surface area contributed by atoms with Gasteiger partial charge in [0.05, 0.1) is 40.9 Å². The van der Waals surface area contributed by atoms with Crippen molar-refractivity contribution in [3.8, 4) is 0 Å². The molecule has 0 aliphatic heterocycles. The first kappa shape index (κ1) is 45.7. The Labute approximate surface area is 342 Å². The molecule has 2 aliphatic rings. The third-order valence-electron chi connectivity index (χ3n) is 9.44. The molecule has 0 saturated heterocycles. The number of carbonyl (C=O) groups excluding carboxylic acids is 3. The molecule has 2 atom stereocenters. The van der Waals surface area contributed by atoms with Crippen LogP contribution in [0.1, 0.15) is 103 Å². The van der Waals surface area contributed by atoms with Gasteiger partial charge in [0, 0.05) is 21.7 Å². The van der Waals surface area contributed by atoms with E-state index in [0.29, 0.717) is 61.1 Å². The average molecular weight is 924 g/mol. The summed E-state index contributed by atoms with van der Waals surface area (Å²) in [6.45, 7) is 1.92. The summed E-state index contributed by atoms with van der Waals surface area (Å²) in [6, 6.07) is 11.2. The Balaban J connectivity index is 0.000000232. The van der Waals surface area contributed by atoms with Gasteiger partial charge in [0.25, 0.3) is 11.8 Å². The first-order valence-electron chi connectivity index (χ1n) is 17.8. The Kier molecular flexibility index (Phi) is 13.5. The quantitative estimate of drug-likeness (QED) is 0.110. The molecule has 2 amide bonds. The van der Waals surface area contributed by atoms with Gasteiger partial charge in [0.2, 0.25) is 0 Å². The van der Waals surface area contributed by atoms with Gasteiger partial charge in [-0.15, -0.1) is 0 Å². The molecule has 320 valence electrons. The monoisotopic (exact) mass is 922 g/mol. The summed E-state index contributed by atoms with van der Waals surface area (Å²) < 4.78 is 162. The number of hydrogen-bond donors (Lipinski definition) is 2. The molecule has 2 unspecified atom stereocenters. The van der Waals surface area contributed by atoms with Crippen molar-refractivity contribution in [3.63, 3.8) is 0 Å². The average Bonchev–Trinajstić information content (AvgIpc) is 3.75. The zero-order valence-electron chi connectivity index (χ0n) is 30.8. The molecule has 4 aromatic rings. The standard InChI is InChI=1S/C23H19F6NO3.C18H12BrF6NO/c1-2-33-20(31)8-4-13-3-6-18-14(9-13)5-7-19(18)30-21(32)15-10-16(22(24,25)26)12-17(11-15)23(27,28)29;19-13-2-3-14-9(7-13)1-4-15(14)26-16(27)10-5-11(17(20,21)22)8-12(6-10)18(23,24)25/h3-4,6,8-12,19H,2,5,7H2,1H3,(H,30,32);2-3,5-8,15H,1,4H2,(H,26,27)/b8-4+;. The normalized spacial score (nSPS) is 16.4. The zero-order chi connectivity index (χ0) is 44.4. The molecule has 0 aromatic heterocycles. The summed E-state index contributed by atoms with van der Waals surface area (Å²) in [7, 11) is 0. The maximum atomic E-state index is 13.1. The molecule has 0 heterocycles. The number of fused-ring (bicyclic) bond motifs is 2.